The quantitative estimate of drug-likeness (QED) is 0.0238. The van der Waals surface area contributed by atoms with Gasteiger partial charge >= 0.3 is 28.8 Å². The van der Waals surface area contributed by atoms with Crippen LogP contribution in [0.5, 0.6) is 0 Å². The molecule has 0 saturated carbocycles. The Labute approximate surface area is 337 Å². The smallest absolute Gasteiger partial charge is 0.869 e. The van der Waals surface area contributed by atoms with Gasteiger partial charge in [-0.15, -0.1) is 23.2 Å². The molecule has 6 rings (SSSR count). The Kier molecular flexibility index (Phi) is 18.5. The van der Waals surface area contributed by atoms with Gasteiger partial charge in [0.1, 0.15) is 17.5 Å². The molecule has 3 aromatic heterocycles. The number of alkyl halides is 8. The van der Waals surface area contributed by atoms with Crippen LogP contribution in [0.1, 0.15) is 6.92 Å². The van der Waals surface area contributed by atoms with Crippen molar-refractivity contribution in [3.8, 4) is 34.2 Å². The van der Waals surface area contributed by atoms with E-state index < -0.39 is 41.3 Å². The minimum atomic E-state index is -6.09. The molecule has 0 atom stereocenters. The Hall–Kier alpha value is -4.48. The maximum Gasteiger partial charge on any atom is 2.00 e. The van der Waals surface area contributed by atoms with Crippen molar-refractivity contribution < 1.29 is 66.3 Å². The van der Waals surface area contributed by atoms with Crippen molar-refractivity contribution in [2.45, 2.75) is 18.6 Å². The number of ketones is 1. The van der Waals surface area contributed by atoms with E-state index in [4.69, 9.17) is 51.1 Å². The second-order valence-electron chi connectivity index (χ2n) is 10.4. The minimum Gasteiger partial charge on any atom is -0.869 e. The number of rotatable bonds is 7. The molecule has 0 aliphatic rings. The summed E-state index contributed by atoms with van der Waals surface area (Å²) < 4.78 is 92.7. The number of nitrogens with one attached hydrogen (secondary N) is 3. The van der Waals surface area contributed by atoms with Gasteiger partial charge in [0.05, 0.1) is 29.6 Å². The summed E-state index contributed by atoms with van der Waals surface area (Å²) >= 11 is 9.53. The second-order valence-corrected chi connectivity index (χ2v) is 14.6. The molecule has 3 aromatic carbocycles. The van der Waals surface area contributed by atoms with Gasteiger partial charge in [0.2, 0.25) is 0 Å². The number of carbonyl (C=O) groups excluding carboxylic acids is 1. The predicted octanol–water partition coefficient (Wildman–Crippen LogP) is 6.47. The van der Waals surface area contributed by atoms with E-state index in [9.17, 15) is 36.2 Å². The zero-order valence-corrected chi connectivity index (χ0v) is 32.6. The molecule has 0 unspecified atom stereocenters. The van der Waals surface area contributed by atoms with Crippen LogP contribution in [0.3, 0.4) is 0 Å². The summed E-state index contributed by atoms with van der Waals surface area (Å²) in [5.74, 6) is -0.510. The number of aromatic nitrogens is 6. The summed E-state index contributed by atoms with van der Waals surface area (Å²) in [5, 5.41) is 10.1. The number of carbonyl (C=O) groups is 1. The average Bonchev–Trinajstić information content (AvgIpc) is 3.92. The number of nitrogens with zero attached hydrogens (tertiary/aromatic N) is 3. The molecule has 22 heteroatoms. The van der Waals surface area contributed by atoms with E-state index >= 15 is 0 Å². The van der Waals surface area contributed by atoms with Crippen molar-refractivity contribution in [3.05, 3.63) is 121 Å². The molecule has 0 fully saturated rings. The number of allylic oxidation sites excluding steroid dienone is 2. The van der Waals surface area contributed by atoms with E-state index in [1.807, 2.05) is 73.2 Å². The summed E-state index contributed by atoms with van der Waals surface area (Å²) in [7, 11) is -7.17. The Morgan fingerprint density at radius 3 is 1.16 bits per heavy atom. The summed E-state index contributed by atoms with van der Waals surface area (Å²) in [4.78, 5) is 34.9. The zero-order chi connectivity index (χ0) is 40.8. The summed E-state index contributed by atoms with van der Waals surface area (Å²) in [6, 6.07) is 30.4. The summed E-state index contributed by atoms with van der Waals surface area (Å²) in [5.41, 5.74) is 0.254. The number of benzene rings is 3. The average molecular weight is 903 g/mol. The fraction of sp³-hybridized carbons (Fsp3) is 0.118. The SMILES string of the molecule is CC(=O)/C=C(\[O-])C(F)(F)F.ClCCl.O=S(=O)([O-])C(F)(F)F.[Fe+2].c1ccc(-c2nc(P(c3c[nH]c(-c4ccccc4)n3)c3c[nH]c(-c4ccccc4)n3)c[nH]2)cc1. The van der Waals surface area contributed by atoms with Crippen LogP contribution in [0.2, 0.25) is 0 Å². The molecular weight excluding hydrogens is 876 g/mol. The molecule has 3 N–H and O–H groups in total. The molecule has 56 heavy (non-hydrogen) atoms. The predicted molar refractivity (Wildman–Crippen MR) is 195 cm³/mol. The standard InChI is InChI=1S/C27H21N6P.C5H5F3O2.CH2Cl2.CHF3O3S.Fe/c1-4-10-19(11-5-1)25-28-16-22(31-25)34(23-17-29-26(32-23)20-12-6-2-7-13-20)24-18-30-27(33-24)21-14-8-3-9-15-21;1-3(9)2-4(10)5(6,7)8;2-1-3;2-1(3,4)8(5,6)7;/h1-18H,(H,28,31)(H,29,32)(H,30,33);2,10H,1H3;1H2;(H,5,6,7);/q;;;;+2/p-2/b;4-2-;;;. The fourth-order valence-electron chi connectivity index (χ4n) is 4.13. The van der Waals surface area contributed by atoms with Crippen LogP contribution in [0.15, 0.2) is 121 Å². The van der Waals surface area contributed by atoms with Crippen molar-refractivity contribution in [2.24, 2.45) is 0 Å². The third-order valence-corrected chi connectivity index (χ3v) is 9.05. The first-order valence-electron chi connectivity index (χ1n) is 15.1. The monoisotopic (exact) mass is 902 g/mol. The Morgan fingerprint density at radius 2 is 0.964 bits per heavy atom. The van der Waals surface area contributed by atoms with E-state index in [0.29, 0.717) is 0 Å². The van der Waals surface area contributed by atoms with E-state index in [-0.39, 0.29) is 28.5 Å². The number of aromatic amines is 3. The van der Waals surface area contributed by atoms with Crippen molar-refractivity contribution in [2.75, 3.05) is 5.34 Å². The van der Waals surface area contributed by atoms with Crippen molar-refractivity contribution in [3.63, 3.8) is 0 Å². The van der Waals surface area contributed by atoms with Gasteiger partial charge in [0.25, 0.3) is 0 Å². The normalized spacial score (nSPS) is 11.5. The van der Waals surface area contributed by atoms with Gasteiger partial charge in [0.15, 0.2) is 15.9 Å². The van der Waals surface area contributed by atoms with E-state index in [2.05, 4.69) is 51.4 Å². The molecule has 11 nitrogen and oxygen atoms in total. The topological polar surface area (TPSA) is 183 Å². The molecule has 0 aliphatic carbocycles. The van der Waals surface area contributed by atoms with E-state index in [0.717, 1.165) is 57.4 Å². The maximum atomic E-state index is 11.3. The summed E-state index contributed by atoms with van der Waals surface area (Å²) in [6.07, 6.45) is 1.01. The Balaban J connectivity index is 0.000000409. The van der Waals surface area contributed by atoms with Crippen LogP contribution >= 0.6 is 31.1 Å². The largest absolute Gasteiger partial charge is 2.00 e. The van der Waals surface area contributed by atoms with E-state index in [1.54, 1.807) is 0 Å². The van der Waals surface area contributed by atoms with Gasteiger partial charge in [-0.3, -0.25) is 4.79 Å². The Morgan fingerprint density at radius 1 is 0.696 bits per heavy atom. The van der Waals surface area contributed by atoms with Crippen LogP contribution in [-0.4, -0.2) is 65.7 Å². The van der Waals surface area contributed by atoms with Gasteiger partial charge in [0, 0.05) is 35.3 Å². The van der Waals surface area contributed by atoms with Crippen molar-refractivity contribution in [1.82, 2.24) is 29.9 Å². The van der Waals surface area contributed by atoms with Crippen LogP contribution in [0.4, 0.5) is 26.3 Å². The first-order chi connectivity index (χ1) is 25.8. The number of imidazole rings is 3. The van der Waals surface area contributed by atoms with Crippen LogP contribution < -0.4 is 21.4 Å². The number of hydrogen-bond donors (Lipinski definition) is 3. The molecule has 6 aromatic rings. The summed E-state index contributed by atoms with van der Waals surface area (Å²) in [6.45, 7) is 0.879. The number of hydrogen-bond acceptors (Lipinski definition) is 8. The van der Waals surface area contributed by atoms with Crippen molar-refractivity contribution >= 4 is 63.3 Å². The van der Waals surface area contributed by atoms with Gasteiger partial charge < -0.3 is 24.6 Å². The second kappa shape index (κ2) is 21.7. The first kappa shape index (κ1) is 47.7. The van der Waals surface area contributed by atoms with Crippen LogP contribution in [0.25, 0.3) is 34.2 Å². The maximum absolute atomic E-state index is 11.3. The molecule has 0 spiro atoms. The zero-order valence-electron chi connectivity index (χ0n) is 28.3. The van der Waals surface area contributed by atoms with Crippen LogP contribution in [-0.2, 0) is 32.0 Å². The van der Waals surface area contributed by atoms with Crippen LogP contribution in [0, 0.1) is 0 Å². The molecule has 0 radical (unpaired) electrons. The van der Waals surface area contributed by atoms with Gasteiger partial charge in [-0.2, -0.15) is 26.3 Å². The molecular formula is C34H27Cl2F6FeN6O5PS. The third kappa shape index (κ3) is 14.5. The Bertz CT molecular complexity index is 2060. The fourth-order valence-corrected chi connectivity index (χ4v) is 6.02. The van der Waals surface area contributed by atoms with Gasteiger partial charge in [-0.25, -0.2) is 23.4 Å². The van der Waals surface area contributed by atoms with Gasteiger partial charge in [-0.05, 0) is 18.8 Å². The van der Waals surface area contributed by atoms with Gasteiger partial charge in [-0.1, -0.05) is 91.0 Å². The van der Waals surface area contributed by atoms with Crippen molar-refractivity contribution in [1.29, 1.82) is 0 Å². The molecule has 0 bridgehead atoms. The third-order valence-electron chi connectivity index (χ3n) is 6.42. The first-order valence-corrected chi connectivity index (χ1v) is 18.9. The molecule has 3 heterocycles. The van der Waals surface area contributed by atoms with E-state index in [1.165, 1.54) is 0 Å². The number of halogens is 8. The molecule has 0 saturated heterocycles. The molecule has 0 amide bonds. The number of H-pyrrole nitrogens is 3. The molecule has 298 valence electrons. The molecule has 0 aliphatic heterocycles. The minimum absolute atomic E-state index is 0.